The largest absolute Gasteiger partial charge is 0.381 e. The van der Waals surface area contributed by atoms with Crippen LogP contribution in [-0.4, -0.2) is 99.8 Å². The quantitative estimate of drug-likeness (QED) is 0.383. The van der Waals surface area contributed by atoms with E-state index < -0.39 is 0 Å². The fourth-order valence-corrected chi connectivity index (χ4v) is 3.90. The third kappa shape index (κ3) is 6.00. The number of likely N-dealkylation sites (tertiary alicyclic amines) is 1. The summed E-state index contributed by atoms with van der Waals surface area (Å²) in [6.45, 7) is 12.2. The van der Waals surface area contributed by atoms with Crippen molar-refractivity contribution in [3.63, 3.8) is 0 Å². The summed E-state index contributed by atoms with van der Waals surface area (Å²) in [6.07, 6.45) is 3.96. The Hall–Kier alpha value is -0.120. The number of piperazine rings is 1. The van der Waals surface area contributed by atoms with Crippen molar-refractivity contribution in [2.45, 2.75) is 19.3 Å². The van der Waals surface area contributed by atoms with Gasteiger partial charge in [0.2, 0.25) is 0 Å². The minimum Gasteiger partial charge on any atom is -0.381 e. The van der Waals surface area contributed by atoms with E-state index in [1.165, 1.54) is 38.9 Å². The molecule has 1 unspecified atom stereocenters. The standard InChI is InChI=1S/C17H33N5O.HI/c1-18-17(19-5-8-20-6-2-3-7-20)22-11-9-21(10-12-22)14-16-4-13-23-15-16;/h16H,2-15H2,1H3,(H,18,19);1H. The van der Waals surface area contributed by atoms with Crippen LogP contribution in [0.4, 0.5) is 0 Å². The molecule has 3 aliphatic rings. The Bertz CT molecular complexity index is 375. The van der Waals surface area contributed by atoms with Crippen molar-refractivity contribution in [1.82, 2.24) is 20.0 Å². The predicted octanol–water partition coefficient (Wildman–Crippen LogP) is 0.930. The molecule has 0 bridgehead atoms. The molecule has 3 saturated heterocycles. The van der Waals surface area contributed by atoms with Crippen LogP contribution in [-0.2, 0) is 4.74 Å². The number of rotatable bonds is 5. The van der Waals surface area contributed by atoms with Crippen LogP contribution in [0.25, 0.3) is 0 Å². The summed E-state index contributed by atoms with van der Waals surface area (Å²) in [6, 6.07) is 0. The third-order valence-corrected chi connectivity index (χ3v) is 5.33. The van der Waals surface area contributed by atoms with Gasteiger partial charge in [0.15, 0.2) is 5.96 Å². The molecule has 3 fully saturated rings. The first kappa shape index (κ1) is 20.2. The predicted molar refractivity (Wildman–Crippen MR) is 109 cm³/mol. The van der Waals surface area contributed by atoms with Gasteiger partial charge >= 0.3 is 0 Å². The minimum absolute atomic E-state index is 0. The highest BCUT2D eigenvalue weighted by molar-refractivity contribution is 14.0. The first-order valence-electron chi connectivity index (χ1n) is 9.33. The Morgan fingerprint density at radius 3 is 2.46 bits per heavy atom. The number of aliphatic imine (C=N–C) groups is 1. The topological polar surface area (TPSA) is 43.3 Å². The fraction of sp³-hybridized carbons (Fsp3) is 0.941. The molecule has 1 N–H and O–H groups in total. The molecule has 7 heteroatoms. The summed E-state index contributed by atoms with van der Waals surface area (Å²) in [5.41, 5.74) is 0. The Morgan fingerprint density at radius 1 is 1.08 bits per heavy atom. The van der Waals surface area contributed by atoms with Crippen molar-refractivity contribution >= 4 is 29.9 Å². The average molecular weight is 451 g/mol. The Balaban J connectivity index is 0.00000208. The van der Waals surface area contributed by atoms with Gasteiger partial charge in [0.25, 0.3) is 0 Å². The highest BCUT2D eigenvalue weighted by Crippen LogP contribution is 2.15. The van der Waals surface area contributed by atoms with E-state index in [0.29, 0.717) is 0 Å². The Labute approximate surface area is 164 Å². The lowest BCUT2D eigenvalue weighted by molar-refractivity contribution is 0.139. The maximum atomic E-state index is 5.49. The van der Waals surface area contributed by atoms with Crippen LogP contribution in [0, 0.1) is 5.92 Å². The van der Waals surface area contributed by atoms with E-state index in [4.69, 9.17) is 4.74 Å². The summed E-state index contributed by atoms with van der Waals surface area (Å²) in [5.74, 6) is 1.83. The summed E-state index contributed by atoms with van der Waals surface area (Å²) >= 11 is 0. The van der Waals surface area contributed by atoms with Crippen molar-refractivity contribution < 1.29 is 4.74 Å². The van der Waals surface area contributed by atoms with Crippen molar-refractivity contribution in [3.8, 4) is 0 Å². The first-order valence-corrected chi connectivity index (χ1v) is 9.33. The van der Waals surface area contributed by atoms with Crippen LogP contribution in [0.5, 0.6) is 0 Å². The van der Waals surface area contributed by atoms with Crippen LogP contribution in [0.15, 0.2) is 4.99 Å². The molecule has 0 aromatic carbocycles. The van der Waals surface area contributed by atoms with E-state index in [2.05, 4.69) is 25.0 Å². The number of nitrogens with zero attached hydrogens (tertiary/aromatic N) is 4. The van der Waals surface area contributed by atoms with Crippen LogP contribution < -0.4 is 5.32 Å². The van der Waals surface area contributed by atoms with E-state index in [1.54, 1.807) is 0 Å². The molecule has 6 nitrogen and oxygen atoms in total. The Morgan fingerprint density at radius 2 is 1.83 bits per heavy atom. The zero-order chi connectivity index (χ0) is 15.9. The summed E-state index contributed by atoms with van der Waals surface area (Å²) in [7, 11) is 1.90. The summed E-state index contributed by atoms with van der Waals surface area (Å²) in [4.78, 5) is 12.0. The zero-order valence-electron chi connectivity index (χ0n) is 15.1. The van der Waals surface area contributed by atoms with Crippen LogP contribution in [0.1, 0.15) is 19.3 Å². The zero-order valence-corrected chi connectivity index (χ0v) is 17.4. The van der Waals surface area contributed by atoms with Crippen molar-refractivity contribution in [1.29, 1.82) is 0 Å². The second-order valence-corrected chi connectivity index (χ2v) is 7.04. The van der Waals surface area contributed by atoms with Gasteiger partial charge in [-0.2, -0.15) is 0 Å². The van der Waals surface area contributed by atoms with E-state index in [1.807, 2.05) is 7.05 Å². The highest BCUT2D eigenvalue weighted by atomic mass is 127. The lowest BCUT2D eigenvalue weighted by Crippen LogP contribution is -2.53. The maximum Gasteiger partial charge on any atom is 0.193 e. The lowest BCUT2D eigenvalue weighted by Gasteiger charge is -2.37. The number of guanidine groups is 1. The van der Waals surface area contributed by atoms with Gasteiger partial charge in [-0.1, -0.05) is 0 Å². The Kier molecular flexibility index (Phi) is 9.07. The van der Waals surface area contributed by atoms with Crippen LogP contribution >= 0.6 is 24.0 Å². The van der Waals surface area contributed by atoms with E-state index in [0.717, 1.165) is 64.4 Å². The first-order chi connectivity index (χ1) is 11.3. The molecule has 24 heavy (non-hydrogen) atoms. The molecule has 0 aromatic heterocycles. The monoisotopic (exact) mass is 451 g/mol. The van der Waals surface area contributed by atoms with Gasteiger partial charge in [0.05, 0.1) is 6.61 Å². The van der Waals surface area contributed by atoms with Crippen molar-refractivity contribution in [2.75, 3.05) is 79.2 Å². The van der Waals surface area contributed by atoms with E-state index in [-0.39, 0.29) is 24.0 Å². The second-order valence-electron chi connectivity index (χ2n) is 7.04. The van der Waals surface area contributed by atoms with E-state index >= 15 is 0 Å². The molecule has 0 aliphatic carbocycles. The average Bonchev–Trinajstić information content (AvgIpc) is 3.26. The molecular weight excluding hydrogens is 417 g/mol. The summed E-state index contributed by atoms with van der Waals surface area (Å²) < 4.78 is 5.49. The van der Waals surface area contributed by atoms with Crippen LogP contribution in [0.2, 0.25) is 0 Å². The lowest BCUT2D eigenvalue weighted by atomic mass is 10.1. The molecule has 140 valence electrons. The third-order valence-electron chi connectivity index (χ3n) is 5.33. The van der Waals surface area contributed by atoms with Crippen molar-refractivity contribution in [2.24, 2.45) is 10.9 Å². The van der Waals surface area contributed by atoms with Crippen molar-refractivity contribution in [3.05, 3.63) is 0 Å². The molecule has 0 saturated carbocycles. The number of hydrogen-bond donors (Lipinski definition) is 1. The fourth-order valence-electron chi connectivity index (χ4n) is 3.90. The van der Waals surface area contributed by atoms with E-state index in [9.17, 15) is 0 Å². The molecule has 0 amide bonds. The molecule has 3 heterocycles. The van der Waals surface area contributed by atoms with Gasteiger partial charge in [-0.05, 0) is 38.3 Å². The number of nitrogens with one attached hydrogen (secondary N) is 1. The number of hydrogen-bond acceptors (Lipinski definition) is 4. The van der Waals surface area contributed by atoms with Gasteiger partial charge in [0.1, 0.15) is 0 Å². The van der Waals surface area contributed by atoms with Gasteiger partial charge < -0.3 is 19.9 Å². The molecule has 1 atom stereocenters. The maximum absolute atomic E-state index is 5.49. The molecule has 0 aromatic rings. The summed E-state index contributed by atoms with van der Waals surface area (Å²) in [5, 5.41) is 3.55. The minimum atomic E-state index is 0. The van der Waals surface area contributed by atoms with Gasteiger partial charge in [-0.3, -0.25) is 9.89 Å². The number of halogens is 1. The van der Waals surface area contributed by atoms with Gasteiger partial charge in [-0.25, -0.2) is 0 Å². The van der Waals surface area contributed by atoms with Gasteiger partial charge in [0, 0.05) is 59.5 Å². The molecular formula is C17H34IN5O. The molecule has 3 rings (SSSR count). The highest BCUT2D eigenvalue weighted by Gasteiger charge is 2.24. The number of ether oxygens (including phenoxy) is 1. The second kappa shape index (κ2) is 10.8. The molecule has 3 aliphatic heterocycles. The SMILES string of the molecule is CN=C(NCCN1CCCC1)N1CCN(CC2CCOC2)CC1.I. The normalized spacial score (nSPS) is 26.6. The smallest absolute Gasteiger partial charge is 0.193 e. The molecule has 0 spiro atoms. The molecule has 0 radical (unpaired) electrons. The van der Waals surface area contributed by atoms with Crippen LogP contribution in [0.3, 0.4) is 0 Å². The van der Waals surface area contributed by atoms with Gasteiger partial charge in [-0.15, -0.1) is 24.0 Å².